The Morgan fingerprint density at radius 1 is 1.07 bits per heavy atom. The molecule has 1 aromatic carbocycles. The molecule has 4 N–H and O–H groups in total. The number of halogens is 1. The summed E-state index contributed by atoms with van der Waals surface area (Å²) >= 11 is 7.87. The molecule has 214 valence electrons. The molecular formula is C32H32ClN7OS. The highest BCUT2D eigenvalue weighted by atomic mass is 35.5. The van der Waals surface area contributed by atoms with Gasteiger partial charge in [0.2, 0.25) is 5.91 Å². The molecule has 0 aliphatic carbocycles. The van der Waals surface area contributed by atoms with Gasteiger partial charge in [-0.1, -0.05) is 35.6 Å². The number of hydrogen-bond acceptors (Lipinski definition) is 6. The first-order chi connectivity index (χ1) is 20.4. The van der Waals surface area contributed by atoms with E-state index in [9.17, 15) is 4.79 Å². The minimum absolute atomic E-state index is 0.107. The van der Waals surface area contributed by atoms with E-state index in [4.69, 9.17) is 22.3 Å². The second-order valence-corrected chi connectivity index (χ2v) is 11.7. The number of H-pyrrole nitrogens is 1. The smallest absolute Gasteiger partial charge is 0.223 e. The minimum Gasteiger partial charge on any atom is -0.345 e. The van der Waals surface area contributed by atoms with Crippen molar-refractivity contribution in [2.24, 2.45) is 10.7 Å². The standard InChI is InChI=1S/C32H32ClN7OS/c1-20-21(2)42-32-29(20)30(23-11-13-24(33)14-12-23)37-27(31-39-38-22(3)40(31)32)19-28(41)35-18-8-10-26-16-15-25(36-26)9-6-4-5-7-17-34/h11-16,27,36H,4-5,7,17-19,34H2,1-3H3,(H,35,41)/t27-/m0/s1. The van der Waals surface area contributed by atoms with Gasteiger partial charge in [0, 0.05) is 27.4 Å². The number of nitrogens with zero attached hydrogens (tertiary/aromatic N) is 4. The van der Waals surface area contributed by atoms with E-state index >= 15 is 0 Å². The Bertz CT molecular complexity index is 1760. The number of thiophene rings is 1. The van der Waals surface area contributed by atoms with Crippen molar-refractivity contribution in [1.82, 2.24) is 25.1 Å². The monoisotopic (exact) mass is 597 g/mol. The summed E-state index contributed by atoms with van der Waals surface area (Å²) in [6, 6.07) is 10.9. The molecule has 0 radical (unpaired) electrons. The van der Waals surface area contributed by atoms with Crippen molar-refractivity contribution in [2.75, 3.05) is 13.1 Å². The number of aliphatic imine (C=N–C) groups is 1. The largest absolute Gasteiger partial charge is 0.345 e. The van der Waals surface area contributed by atoms with Gasteiger partial charge in [0.1, 0.15) is 16.9 Å². The number of hydrogen-bond donors (Lipinski definition) is 3. The van der Waals surface area contributed by atoms with Crippen LogP contribution in [0.1, 0.15) is 76.3 Å². The molecule has 0 spiro atoms. The fraction of sp³-hybridized carbons (Fsp3) is 0.312. The van der Waals surface area contributed by atoms with Gasteiger partial charge in [0.15, 0.2) is 5.82 Å². The van der Waals surface area contributed by atoms with Crippen molar-refractivity contribution in [3.05, 3.63) is 86.0 Å². The quantitative estimate of drug-likeness (QED) is 0.201. The summed E-state index contributed by atoms with van der Waals surface area (Å²) in [6.07, 6.45) is 2.90. The Kier molecular flexibility index (Phi) is 9.24. The number of unbranched alkanes of at least 4 members (excludes halogenated alkanes) is 2. The Morgan fingerprint density at radius 2 is 1.81 bits per heavy atom. The lowest BCUT2D eigenvalue weighted by molar-refractivity contribution is -0.121. The van der Waals surface area contributed by atoms with E-state index in [2.05, 4.69) is 58.0 Å². The molecule has 42 heavy (non-hydrogen) atoms. The molecule has 10 heteroatoms. The van der Waals surface area contributed by atoms with Gasteiger partial charge in [-0.2, -0.15) is 0 Å². The van der Waals surface area contributed by atoms with Crippen molar-refractivity contribution in [2.45, 2.75) is 52.5 Å². The number of aromatic amines is 1. The van der Waals surface area contributed by atoms with Crippen molar-refractivity contribution in [3.8, 4) is 28.7 Å². The molecule has 1 aliphatic heterocycles. The molecular weight excluding hydrogens is 566 g/mol. The van der Waals surface area contributed by atoms with Gasteiger partial charge in [-0.25, -0.2) is 0 Å². The van der Waals surface area contributed by atoms with Crippen LogP contribution in [-0.2, 0) is 4.79 Å². The van der Waals surface area contributed by atoms with Gasteiger partial charge in [0.05, 0.1) is 30.1 Å². The molecule has 0 unspecified atom stereocenters. The van der Waals surface area contributed by atoms with Crippen LogP contribution < -0.4 is 11.1 Å². The summed E-state index contributed by atoms with van der Waals surface area (Å²) in [4.78, 5) is 22.6. The number of amides is 1. The molecule has 0 saturated carbocycles. The van der Waals surface area contributed by atoms with Crippen molar-refractivity contribution in [3.63, 3.8) is 0 Å². The second kappa shape index (κ2) is 13.2. The van der Waals surface area contributed by atoms with Crippen molar-refractivity contribution in [1.29, 1.82) is 0 Å². The van der Waals surface area contributed by atoms with E-state index in [-0.39, 0.29) is 18.9 Å². The van der Waals surface area contributed by atoms with Gasteiger partial charge in [-0.15, -0.1) is 21.5 Å². The average Bonchev–Trinajstić information content (AvgIpc) is 3.64. The zero-order valence-corrected chi connectivity index (χ0v) is 25.4. The van der Waals surface area contributed by atoms with E-state index in [0.29, 0.717) is 17.4 Å². The van der Waals surface area contributed by atoms with Crippen LogP contribution in [0.2, 0.25) is 5.02 Å². The highest BCUT2D eigenvalue weighted by Gasteiger charge is 2.32. The molecule has 1 amide bonds. The maximum absolute atomic E-state index is 13.1. The molecule has 0 fully saturated rings. The molecule has 5 rings (SSSR count). The molecule has 0 saturated heterocycles. The summed E-state index contributed by atoms with van der Waals surface area (Å²) < 4.78 is 2.04. The van der Waals surface area contributed by atoms with Gasteiger partial charge in [-0.3, -0.25) is 14.4 Å². The number of nitrogens with two attached hydrogens (primary N) is 1. The van der Waals surface area contributed by atoms with Crippen LogP contribution in [-0.4, -0.2) is 44.5 Å². The summed E-state index contributed by atoms with van der Waals surface area (Å²) in [5, 5.41) is 13.4. The number of carbonyl (C=O) groups excluding carboxylic acids is 1. The third-order valence-electron chi connectivity index (χ3n) is 7.00. The molecule has 0 bridgehead atoms. The molecule has 1 atom stereocenters. The molecule has 4 aromatic rings. The van der Waals surface area contributed by atoms with Gasteiger partial charge in [0.25, 0.3) is 0 Å². The zero-order valence-electron chi connectivity index (χ0n) is 23.8. The Balaban J connectivity index is 1.33. The molecule has 1 aliphatic rings. The zero-order chi connectivity index (χ0) is 29.6. The normalized spacial score (nSPS) is 13.5. The average molecular weight is 598 g/mol. The maximum atomic E-state index is 13.1. The lowest BCUT2D eigenvalue weighted by Gasteiger charge is -2.12. The minimum atomic E-state index is -0.529. The SMILES string of the molecule is Cc1sc2c(c1C)C(c1ccc(Cl)cc1)=N[C@@H](CC(=O)NCC#Cc1ccc(C#CCCCCN)[nH]1)c1nnc(C)n1-2. The molecule has 4 heterocycles. The lowest BCUT2D eigenvalue weighted by Crippen LogP contribution is -2.25. The number of carbonyl (C=O) groups is 1. The predicted octanol–water partition coefficient (Wildman–Crippen LogP) is 5.17. The molecule has 3 aromatic heterocycles. The number of aromatic nitrogens is 4. The third-order valence-corrected chi connectivity index (χ3v) is 8.44. The summed E-state index contributed by atoms with van der Waals surface area (Å²) in [5.41, 5.74) is 11.0. The number of aryl methyl sites for hydroxylation is 2. The first-order valence-corrected chi connectivity index (χ1v) is 15.0. The van der Waals surface area contributed by atoms with Crippen molar-refractivity contribution < 1.29 is 4.79 Å². The Hall–Kier alpha value is -4.15. The highest BCUT2D eigenvalue weighted by Crippen LogP contribution is 2.39. The van der Waals surface area contributed by atoms with Crippen LogP contribution >= 0.6 is 22.9 Å². The van der Waals surface area contributed by atoms with E-state index in [0.717, 1.165) is 63.9 Å². The van der Waals surface area contributed by atoms with Crippen LogP contribution in [0.5, 0.6) is 0 Å². The van der Waals surface area contributed by atoms with Gasteiger partial charge in [-0.05, 0) is 81.8 Å². The second-order valence-electron chi connectivity index (χ2n) is 10.0. The lowest BCUT2D eigenvalue weighted by atomic mass is 9.99. The summed E-state index contributed by atoms with van der Waals surface area (Å²) in [7, 11) is 0. The number of fused-ring (bicyclic) bond motifs is 3. The van der Waals surface area contributed by atoms with E-state index < -0.39 is 6.04 Å². The number of nitrogens with one attached hydrogen (secondary N) is 2. The summed E-state index contributed by atoms with van der Waals surface area (Å²) in [5.74, 6) is 13.5. The topological polar surface area (TPSA) is 114 Å². The van der Waals surface area contributed by atoms with Crippen molar-refractivity contribution >= 4 is 34.6 Å². The first-order valence-electron chi connectivity index (χ1n) is 13.9. The van der Waals surface area contributed by atoms with Crippen LogP contribution in [0.4, 0.5) is 0 Å². The van der Waals surface area contributed by atoms with Crippen LogP contribution in [0.15, 0.2) is 41.4 Å². The van der Waals surface area contributed by atoms with E-state index in [1.54, 1.807) is 11.3 Å². The highest BCUT2D eigenvalue weighted by molar-refractivity contribution is 7.15. The van der Waals surface area contributed by atoms with E-state index in [1.165, 1.54) is 4.88 Å². The summed E-state index contributed by atoms with van der Waals surface area (Å²) in [6.45, 7) is 7.02. The van der Waals surface area contributed by atoms with E-state index in [1.807, 2.05) is 47.9 Å². The molecule has 8 nitrogen and oxygen atoms in total. The van der Waals surface area contributed by atoms with Crippen LogP contribution in [0.3, 0.4) is 0 Å². The Labute approximate surface area is 254 Å². The van der Waals surface area contributed by atoms with Crippen LogP contribution in [0.25, 0.3) is 5.00 Å². The van der Waals surface area contributed by atoms with Crippen LogP contribution in [0, 0.1) is 44.5 Å². The maximum Gasteiger partial charge on any atom is 0.223 e. The first kappa shape index (κ1) is 29.3. The number of benzene rings is 1. The van der Waals surface area contributed by atoms with Gasteiger partial charge < -0.3 is 16.0 Å². The fourth-order valence-electron chi connectivity index (χ4n) is 4.72. The predicted molar refractivity (Wildman–Crippen MR) is 168 cm³/mol. The third kappa shape index (κ3) is 6.50. The Morgan fingerprint density at radius 3 is 2.55 bits per heavy atom. The fourth-order valence-corrected chi connectivity index (χ4v) is 6.06. The number of rotatable bonds is 7. The van der Waals surface area contributed by atoms with Gasteiger partial charge >= 0.3 is 0 Å².